The molecule has 1 heterocycles. The maximum atomic E-state index is 6.21. The van der Waals surface area contributed by atoms with Crippen molar-refractivity contribution in [3.8, 4) is 5.75 Å². The van der Waals surface area contributed by atoms with Gasteiger partial charge in [-0.15, -0.1) is 0 Å². The van der Waals surface area contributed by atoms with Gasteiger partial charge in [0.1, 0.15) is 11.9 Å². The van der Waals surface area contributed by atoms with E-state index in [-0.39, 0.29) is 6.10 Å². The predicted molar refractivity (Wildman–Crippen MR) is 88.6 cm³/mol. The SMILES string of the molecule is Cc1cc(OC2CCc3ccccc3NC2)cc(C)c1Cl. The Morgan fingerprint density at radius 1 is 1.14 bits per heavy atom. The first-order chi connectivity index (χ1) is 10.1. The molecule has 2 aromatic rings. The van der Waals surface area contributed by atoms with Crippen molar-refractivity contribution in [3.63, 3.8) is 0 Å². The molecular weight excluding hydrogens is 282 g/mol. The van der Waals surface area contributed by atoms with Crippen molar-refractivity contribution in [2.75, 3.05) is 11.9 Å². The minimum atomic E-state index is 0.178. The van der Waals surface area contributed by atoms with Crippen LogP contribution < -0.4 is 10.1 Å². The highest BCUT2D eigenvalue weighted by atomic mass is 35.5. The van der Waals surface area contributed by atoms with E-state index in [2.05, 4.69) is 29.6 Å². The van der Waals surface area contributed by atoms with Crippen molar-refractivity contribution in [2.45, 2.75) is 32.8 Å². The summed E-state index contributed by atoms with van der Waals surface area (Å²) in [6.07, 6.45) is 2.24. The molecule has 0 spiro atoms. The van der Waals surface area contributed by atoms with Crippen molar-refractivity contribution in [2.24, 2.45) is 0 Å². The van der Waals surface area contributed by atoms with Gasteiger partial charge in [0, 0.05) is 10.7 Å². The highest BCUT2D eigenvalue weighted by Gasteiger charge is 2.17. The molecule has 1 unspecified atom stereocenters. The number of ether oxygens (including phenoxy) is 1. The summed E-state index contributed by atoms with van der Waals surface area (Å²) in [5.41, 5.74) is 4.73. The molecule has 0 aliphatic carbocycles. The van der Waals surface area contributed by atoms with Gasteiger partial charge in [-0.2, -0.15) is 0 Å². The Morgan fingerprint density at radius 3 is 2.62 bits per heavy atom. The van der Waals surface area contributed by atoms with Gasteiger partial charge in [-0.1, -0.05) is 29.8 Å². The number of aryl methyl sites for hydroxylation is 3. The summed E-state index contributed by atoms with van der Waals surface area (Å²) >= 11 is 6.21. The Kier molecular flexibility index (Phi) is 4.07. The van der Waals surface area contributed by atoms with Gasteiger partial charge in [-0.25, -0.2) is 0 Å². The molecule has 3 rings (SSSR count). The molecule has 21 heavy (non-hydrogen) atoms. The van der Waals surface area contributed by atoms with Crippen LogP contribution in [0.25, 0.3) is 0 Å². The number of para-hydroxylation sites is 1. The fourth-order valence-electron chi connectivity index (χ4n) is 2.82. The van der Waals surface area contributed by atoms with Crippen LogP contribution in [0.15, 0.2) is 36.4 Å². The Morgan fingerprint density at radius 2 is 1.86 bits per heavy atom. The Balaban J connectivity index is 1.73. The van der Waals surface area contributed by atoms with Crippen molar-refractivity contribution in [1.29, 1.82) is 0 Å². The van der Waals surface area contributed by atoms with Crippen LogP contribution in [-0.4, -0.2) is 12.6 Å². The molecule has 0 saturated carbocycles. The first kappa shape index (κ1) is 14.3. The third kappa shape index (κ3) is 3.16. The normalized spacial score (nSPS) is 17.6. The standard InChI is InChI=1S/C18H20ClNO/c1-12-9-16(10-13(2)18(12)19)21-15-8-7-14-5-3-4-6-17(14)20-11-15/h3-6,9-10,15,20H,7-8,11H2,1-2H3. The van der Waals surface area contributed by atoms with Crippen LogP contribution in [0.5, 0.6) is 5.75 Å². The molecule has 0 radical (unpaired) electrons. The first-order valence-corrected chi connectivity index (χ1v) is 7.76. The molecule has 0 amide bonds. The van der Waals surface area contributed by atoms with E-state index in [1.165, 1.54) is 11.3 Å². The zero-order chi connectivity index (χ0) is 14.8. The predicted octanol–water partition coefficient (Wildman–Crippen LogP) is 4.76. The van der Waals surface area contributed by atoms with Gasteiger partial charge in [0.15, 0.2) is 0 Å². The lowest BCUT2D eigenvalue weighted by molar-refractivity contribution is 0.206. The van der Waals surface area contributed by atoms with E-state index < -0.39 is 0 Å². The van der Waals surface area contributed by atoms with Gasteiger partial charge in [0.25, 0.3) is 0 Å². The Bertz CT molecular complexity index is 603. The van der Waals surface area contributed by atoms with E-state index in [1.54, 1.807) is 0 Å². The minimum absolute atomic E-state index is 0.178. The second kappa shape index (κ2) is 5.98. The zero-order valence-electron chi connectivity index (χ0n) is 12.4. The van der Waals surface area contributed by atoms with Gasteiger partial charge in [-0.3, -0.25) is 0 Å². The molecule has 0 bridgehead atoms. The van der Waals surface area contributed by atoms with Crippen LogP contribution in [0.1, 0.15) is 23.1 Å². The fourth-order valence-corrected chi connectivity index (χ4v) is 2.93. The number of anilines is 1. The molecule has 2 aromatic carbocycles. The molecule has 0 aromatic heterocycles. The lowest BCUT2D eigenvalue weighted by atomic mass is 10.1. The summed E-state index contributed by atoms with van der Waals surface area (Å²) in [5.74, 6) is 0.909. The quantitative estimate of drug-likeness (QED) is 0.863. The summed E-state index contributed by atoms with van der Waals surface area (Å²) in [7, 11) is 0. The lowest BCUT2D eigenvalue weighted by Crippen LogP contribution is -2.25. The lowest BCUT2D eigenvalue weighted by Gasteiger charge is -2.18. The highest BCUT2D eigenvalue weighted by molar-refractivity contribution is 6.32. The average Bonchev–Trinajstić information content (AvgIpc) is 2.68. The van der Waals surface area contributed by atoms with Gasteiger partial charge in [0.05, 0.1) is 6.54 Å². The monoisotopic (exact) mass is 301 g/mol. The number of rotatable bonds is 2. The van der Waals surface area contributed by atoms with E-state index in [0.717, 1.165) is 41.3 Å². The molecule has 0 fully saturated rings. The van der Waals surface area contributed by atoms with Gasteiger partial charge >= 0.3 is 0 Å². The fraction of sp³-hybridized carbons (Fsp3) is 0.333. The number of fused-ring (bicyclic) bond motifs is 1. The second-order valence-corrected chi connectivity index (χ2v) is 6.07. The number of hydrogen-bond acceptors (Lipinski definition) is 2. The van der Waals surface area contributed by atoms with Crippen molar-refractivity contribution < 1.29 is 4.74 Å². The minimum Gasteiger partial charge on any atom is -0.489 e. The van der Waals surface area contributed by atoms with E-state index in [1.807, 2.05) is 26.0 Å². The zero-order valence-corrected chi connectivity index (χ0v) is 13.2. The van der Waals surface area contributed by atoms with Crippen LogP contribution in [-0.2, 0) is 6.42 Å². The number of benzene rings is 2. The van der Waals surface area contributed by atoms with E-state index in [4.69, 9.17) is 16.3 Å². The average molecular weight is 302 g/mol. The number of nitrogens with one attached hydrogen (secondary N) is 1. The second-order valence-electron chi connectivity index (χ2n) is 5.69. The summed E-state index contributed by atoms with van der Waals surface area (Å²) < 4.78 is 6.16. The molecule has 1 aliphatic rings. The molecule has 2 nitrogen and oxygen atoms in total. The molecule has 110 valence electrons. The van der Waals surface area contributed by atoms with Crippen molar-refractivity contribution >= 4 is 17.3 Å². The smallest absolute Gasteiger partial charge is 0.120 e. The first-order valence-electron chi connectivity index (χ1n) is 7.38. The molecule has 1 aliphatic heterocycles. The van der Waals surface area contributed by atoms with Crippen molar-refractivity contribution in [1.82, 2.24) is 0 Å². The van der Waals surface area contributed by atoms with Gasteiger partial charge < -0.3 is 10.1 Å². The maximum absolute atomic E-state index is 6.21. The van der Waals surface area contributed by atoms with Gasteiger partial charge in [-0.05, 0) is 61.6 Å². The van der Waals surface area contributed by atoms with Crippen LogP contribution in [0, 0.1) is 13.8 Å². The topological polar surface area (TPSA) is 21.3 Å². The Labute approximate surface area is 131 Å². The molecule has 1 N–H and O–H groups in total. The summed E-state index contributed by atoms with van der Waals surface area (Å²) in [5, 5.41) is 4.31. The van der Waals surface area contributed by atoms with E-state index in [0.29, 0.717) is 0 Å². The summed E-state index contributed by atoms with van der Waals surface area (Å²) in [6, 6.07) is 12.5. The molecular formula is C18H20ClNO. The van der Waals surface area contributed by atoms with Crippen LogP contribution in [0.3, 0.4) is 0 Å². The molecule has 3 heteroatoms. The number of hydrogen-bond donors (Lipinski definition) is 1. The van der Waals surface area contributed by atoms with Crippen LogP contribution >= 0.6 is 11.6 Å². The Hall–Kier alpha value is -1.67. The third-order valence-corrected chi connectivity index (χ3v) is 4.58. The largest absolute Gasteiger partial charge is 0.489 e. The van der Waals surface area contributed by atoms with E-state index in [9.17, 15) is 0 Å². The highest BCUT2D eigenvalue weighted by Crippen LogP contribution is 2.28. The van der Waals surface area contributed by atoms with Crippen LogP contribution in [0.4, 0.5) is 5.69 Å². The third-order valence-electron chi connectivity index (χ3n) is 3.99. The molecule has 1 atom stereocenters. The van der Waals surface area contributed by atoms with Gasteiger partial charge in [0.2, 0.25) is 0 Å². The van der Waals surface area contributed by atoms with Crippen molar-refractivity contribution in [3.05, 3.63) is 58.1 Å². The summed E-state index contributed by atoms with van der Waals surface area (Å²) in [6.45, 7) is 4.87. The van der Waals surface area contributed by atoms with Crippen LogP contribution in [0.2, 0.25) is 5.02 Å². The summed E-state index contributed by atoms with van der Waals surface area (Å²) in [4.78, 5) is 0. The number of halogens is 1. The maximum Gasteiger partial charge on any atom is 0.120 e. The molecule has 0 saturated heterocycles. The van der Waals surface area contributed by atoms with E-state index >= 15 is 0 Å².